The highest BCUT2D eigenvalue weighted by molar-refractivity contribution is 5.79. The Bertz CT molecular complexity index is 909. The van der Waals surface area contributed by atoms with Gasteiger partial charge in [-0.05, 0) is 49.3 Å². The van der Waals surface area contributed by atoms with Crippen LogP contribution >= 0.6 is 0 Å². The van der Waals surface area contributed by atoms with Gasteiger partial charge in [0, 0.05) is 12.0 Å². The van der Waals surface area contributed by atoms with Crippen LogP contribution in [0.2, 0.25) is 0 Å². The number of fused-ring (bicyclic) bond motifs is 2. The summed E-state index contributed by atoms with van der Waals surface area (Å²) in [6.07, 6.45) is 4.62. The minimum absolute atomic E-state index is 0.109. The first-order valence-electron chi connectivity index (χ1n) is 9.07. The Morgan fingerprint density at radius 1 is 1.35 bits per heavy atom. The molecule has 1 amide bonds. The molecule has 134 valence electrons. The topological polar surface area (TPSA) is 74.8 Å². The van der Waals surface area contributed by atoms with E-state index in [4.69, 9.17) is 5.26 Å². The standard InChI is InChI=1S/C20H23N5O/c1-19(2)15-7-8-20(19,3)24(18(26)10-15)12-16-13-25(23-22-16)17-6-4-5-14(9-17)11-21/h4-6,9,13,15H,7-8,10,12H2,1-3H3/t15-,20-/m0/s1. The predicted molar refractivity (Wildman–Crippen MR) is 96.2 cm³/mol. The summed E-state index contributed by atoms with van der Waals surface area (Å²) in [6.45, 7) is 7.26. The highest BCUT2D eigenvalue weighted by Gasteiger charge is 2.59. The van der Waals surface area contributed by atoms with Crippen molar-refractivity contribution in [3.8, 4) is 11.8 Å². The molecule has 4 rings (SSSR count). The van der Waals surface area contributed by atoms with Crippen molar-refractivity contribution >= 4 is 5.91 Å². The molecule has 1 aromatic carbocycles. The SMILES string of the molecule is CC1(C)[C@H]2CC[C@]1(C)N(Cc1cn(-c3cccc(C#N)c3)nn1)C(=O)C2. The van der Waals surface area contributed by atoms with Gasteiger partial charge in [-0.1, -0.05) is 25.1 Å². The van der Waals surface area contributed by atoms with Crippen LogP contribution in [0.5, 0.6) is 0 Å². The average Bonchev–Trinajstić information content (AvgIpc) is 3.14. The summed E-state index contributed by atoms with van der Waals surface area (Å²) in [7, 11) is 0. The van der Waals surface area contributed by atoms with Gasteiger partial charge < -0.3 is 4.90 Å². The molecule has 0 N–H and O–H groups in total. The van der Waals surface area contributed by atoms with E-state index in [1.165, 1.54) is 0 Å². The molecule has 2 aromatic rings. The molecular weight excluding hydrogens is 326 g/mol. The van der Waals surface area contributed by atoms with E-state index in [2.05, 4.69) is 37.2 Å². The molecule has 1 aromatic heterocycles. The number of piperidine rings is 1. The highest BCUT2D eigenvalue weighted by atomic mass is 16.2. The summed E-state index contributed by atoms with van der Waals surface area (Å²) >= 11 is 0. The third-order valence-corrected chi connectivity index (χ3v) is 6.81. The highest BCUT2D eigenvalue weighted by Crippen LogP contribution is 2.57. The first-order chi connectivity index (χ1) is 12.3. The Labute approximate surface area is 153 Å². The van der Waals surface area contributed by atoms with Crippen LogP contribution in [0.4, 0.5) is 0 Å². The molecule has 6 heteroatoms. The fourth-order valence-electron chi connectivity index (χ4n) is 4.65. The van der Waals surface area contributed by atoms with Crippen molar-refractivity contribution in [1.29, 1.82) is 5.26 Å². The molecular formula is C20H23N5O. The predicted octanol–water partition coefficient (Wildman–Crippen LogP) is 3.07. The van der Waals surface area contributed by atoms with E-state index >= 15 is 0 Å². The first kappa shape index (κ1) is 16.8. The first-order valence-corrected chi connectivity index (χ1v) is 9.07. The Hall–Kier alpha value is -2.68. The van der Waals surface area contributed by atoms with Crippen LogP contribution < -0.4 is 0 Å². The normalized spacial score (nSPS) is 26.8. The van der Waals surface area contributed by atoms with Gasteiger partial charge in [0.2, 0.25) is 5.91 Å². The van der Waals surface area contributed by atoms with E-state index in [9.17, 15) is 4.79 Å². The number of nitrogens with zero attached hydrogens (tertiary/aromatic N) is 5. The van der Waals surface area contributed by atoms with Crippen molar-refractivity contribution < 1.29 is 4.79 Å². The number of amides is 1. The van der Waals surface area contributed by atoms with Crippen LogP contribution in [0.3, 0.4) is 0 Å². The molecule has 1 saturated heterocycles. The van der Waals surface area contributed by atoms with Gasteiger partial charge in [-0.25, -0.2) is 4.68 Å². The van der Waals surface area contributed by atoms with E-state index in [1.807, 2.05) is 23.2 Å². The second-order valence-corrected chi connectivity index (χ2v) is 8.23. The number of hydrogen-bond acceptors (Lipinski definition) is 4. The molecule has 0 radical (unpaired) electrons. The minimum Gasteiger partial charge on any atom is -0.331 e. The number of carbonyl (C=O) groups excluding carboxylic acids is 1. The minimum atomic E-state index is -0.141. The molecule has 1 saturated carbocycles. The number of aromatic nitrogens is 3. The smallest absolute Gasteiger partial charge is 0.223 e. The maximum absolute atomic E-state index is 12.7. The largest absolute Gasteiger partial charge is 0.331 e. The maximum Gasteiger partial charge on any atom is 0.223 e. The summed E-state index contributed by atoms with van der Waals surface area (Å²) in [4.78, 5) is 14.8. The number of hydrogen-bond donors (Lipinski definition) is 0. The van der Waals surface area contributed by atoms with Crippen LogP contribution in [-0.4, -0.2) is 31.3 Å². The van der Waals surface area contributed by atoms with Crippen molar-refractivity contribution in [2.75, 3.05) is 0 Å². The van der Waals surface area contributed by atoms with E-state index in [-0.39, 0.29) is 16.9 Å². The van der Waals surface area contributed by atoms with Crippen molar-refractivity contribution in [1.82, 2.24) is 19.9 Å². The number of benzene rings is 1. The third-order valence-electron chi connectivity index (χ3n) is 6.81. The van der Waals surface area contributed by atoms with Gasteiger partial charge in [0.15, 0.2) is 0 Å². The monoisotopic (exact) mass is 349 g/mol. The lowest BCUT2D eigenvalue weighted by molar-refractivity contribution is -0.152. The van der Waals surface area contributed by atoms with Crippen molar-refractivity contribution in [3.05, 3.63) is 41.7 Å². The third kappa shape index (κ3) is 2.34. The quantitative estimate of drug-likeness (QED) is 0.853. The number of likely N-dealkylation sites (tertiary alicyclic amines) is 1. The van der Waals surface area contributed by atoms with E-state index in [1.54, 1.807) is 16.8 Å². The van der Waals surface area contributed by atoms with E-state index in [0.717, 1.165) is 24.2 Å². The zero-order valence-corrected chi connectivity index (χ0v) is 15.4. The summed E-state index contributed by atoms with van der Waals surface area (Å²) in [6, 6.07) is 9.38. The van der Waals surface area contributed by atoms with Gasteiger partial charge in [0.05, 0.1) is 30.1 Å². The Morgan fingerprint density at radius 2 is 2.15 bits per heavy atom. The molecule has 1 aliphatic heterocycles. The van der Waals surface area contributed by atoms with Gasteiger partial charge in [-0.2, -0.15) is 5.26 Å². The number of rotatable bonds is 3. The van der Waals surface area contributed by atoms with Gasteiger partial charge in [-0.15, -0.1) is 5.10 Å². The fraction of sp³-hybridized carbons (Fsp3) is 0.500. The van der Waals surface area contributed by atoms with Crippen LogP contribution in [0.25, 0.3) is 5.69 Å². The van der Waals surface area contributed by atoms with Crippen molar-refractivity contribution in [2.45, 2.75) is 52.1 Å². The lowest BCUT2D eigenvalue weighted by atomic mass is 9.66. The van der Waals surface area contributed by atoms with Gasteiger partial charge in [0.1, 0.15) is 5.69 Å². The second-order valence-electron chi connectivity index (χ2n) is 8.23. The van der Waals surface area contributed by atoms with Crippen LogP contribution in [0.1, 0.15) is 51.3 Å². The van der Waals surface area contributed by atoms with E-state index < -0.39 is 0 Å². The molecule has 0 spiro atoms. The Kier molecular flexibility index (Phi) is 3.65. The Morgan fingerprint density at radius 3 is 2.92 bits per heavy atom. The molecule has 2 fully saturated rings. The van der Waals surface area contributed by atoms with Gasteiger partial charge in [0.25, 0.3) is 0 Å². The lowest BCUT2D eigenvalue weighted by Gasteiger charge is -2.52. The van der Waals surface area contributed by atoms with Gasteiger partial charge >= 0.3 is 0 Å². The van der Waals surface area contributed by atoms with Crippen LogP contribution in [-0.2, 0) is 11.3 Å². The summed E-state index contributed by atoms with van der Waals surface area (Å²) < 4.78 is 1.66. The molecule has 2 atom stereocenters. The molecule has 0 unspecified atom stereocenters. The summed E-state index contributed by atoms with van der Waals surface area (Å²) in [5, 5.41) is 17.5. The summed E-state index contributed by atoms with van der Waals surface area (Å²) in [5.74, 6) is 0.691. The lowest BCUT2D eigenvalue weighted by Crippen LogP contribution is -2.60. The maximum atomic E-state index is 12.7. The number of carbonyl (C=O) groups is 1. The van der Waals surface area contributed by atoms with Crippen LogP contribution in [0.15, 0.2) is 30.5 Å². The zero-order valence-electron chi connectivity index (χ0n) is 15.4. The van der Waals surface area contributed by atoms with Crippen molar-refractivity contribution in [2.24, 2.45) is 11.3 Å². The zero-order chi connectivity index (χ0) is 18.5. The average molecular weight is 349 g/mol. The number of nitriles is 1. The Balaban J connectivity index is 1.61. The molecule has 2 heterocycles. The van der Waals surface area contributed by atoms with E-state index in [0.29, 0.717) is 24.4 Å². The van der Waals surface area contributed by atoms with Crippen LogP contribution in [0, 0.1) is 22.7 Å². The summed E-state index contributed by atoms with van der Waals surface area (Å²) in [5.41, 5.74) is 2.11. The van der Waals surface area contributed by atoms with Gasteiger partial charge in [-0.3, -0.25) is 4.79 Å². The fourth-order valence-corrected chi connectivity index (χ4v) is 4.65. The molecule has 6 nitrogen and oxygen atoms in total. The molecule has 2 aliphatic rings. The molecule has 2 bridgehead atoms. The molecule has 26 heavy (non-hydrogen) atoms. The molecule has 1 aliphatic carbocycles. The van der Waals surface area contributed by atoms with Crippen molar-refractivity contribution in [3.63, 3.8) is 0 Å². The second kappa shape index (κ2) is 5.66.